The lowest BCUT2D eigenvalue weighted by molar-refractivity contribution is 0.00699. The Morgan fingerprint density at radius 1 is 1.67 bits per heavy atom. The molecule has 1 aromatic heterocycles. The first-order valence-electron chi connectivity index (χ1n) is 6.24. The van der Waals surface area contributed by atoms with Gasteiger partial charge in [0.1, 0.15) is 0 Å². The number of ether oxygens (including phenoxy) is 1. The molecule has 100 valence electrons. The molecule has 1 aliphatic rings. The molecule has 1 amide bonds. The molecule has 1 atom stereocenters. The molecule has 5 nitrogen and oxygen atoms in total. The molecule has 0 bridgehead atoms. The van der Waals surface area contributed by atoms with Crippen LogP contribution in [-0.4, -0.2) is 46.8 Å². The Morgan fingerprint density at radius 3 is 3.06 bits per heavy atom. The van der Waals surface area contributed by atoms with E-state index in [0.29, 0.717) is 18.8 Å². The maximum absolute atomic E-state index is 12.3. The minimum Gasteiger partial charge on any atom is -0.377 e. The maximum atomic E-state index is 12.3. The number of hydrogen-bond donors (Lipinski definition) is 1. The summed E-state index contributed by atoms with van der Waals surface area (Å²) < 4.78 is 6.36. The van der Waals surface area contributed by atoms with Crippen molar-refractivity contribution >= 4 is 21.8 Å². The number of nitrogens with zero attached hydrogens (tertiary/aromatic N) is 2. The summed E-state index contributed by atoms with van der Waals surface area (Å²) >= 11 is 3.39. The van der Waals surface area contributed by atoms with Crippen LogP contribution in [-0.2, 0) is 4.74 Å². The number of rotatable bonds is 3. The standard InChI is InChI=1S/C12H18BrN3O2/c1-3-18-9-5-4-6-16(7-9)12(17)11-10(13)8(2)14-15-11/h9H,3-7H2,1-2H3,(H,14,15)/t9-/m0/s1. The summed E-state index contributed by atoms with van der Waals surface area (Å²) in [5.41, 5.74) is 1.33. The number of carbonyl (C=O) groups excluding carboxylic acids is 1. The number of aromatic nitrogens is 2. The lowest BCUT2D eigenvalue weighted by Crippen LogP contribution is -2.43. The smallest absolute Gasteiger partial charge is 0.275 e. The van der Waals surface area contributed by atoms with E-state index >= 15 is 0 Å². The Hall–Kier alpha value is -0.880. The number of nitrogens with one attached hydrogen (secondary N) is 1. The van der Waals surface area contributed by atoms with Gasteiger partial charge in [0.25, 0.3) is 5.91 Å². The van der Waals surface area contributed by atoms with E-state index in [2.05, 4.69) is 26.1 Å². The fraction of sp³-hybridized carbons (Fsp3) is 0.667. The number of likely N-dealkylation sites (tertiary alicyclic amines) is 1. The Morgan fingerprint density at radius 2 is 2.44 bits per heavy atom. The highest BCUT2D eigenvalue weighted by molar-refractivity contribution is 9.10. The Labute approximate surface area is 115 Å². The van der Waals surface area contributed by atoms with E-state index < -0.39 is 0 Å². The van der Waals surface area contributed by atoms with Crippen LogP contribution in [0.4, 0.5) is 0 Å². The number of piperidine rings is 1. The van der Waals surface area contributed by atoms with Gasteiger partial charge in [0.05, 0.1) is 10.6 Å². The number of carbonyl (C=O) groups is 1. The van der Waals surface area contributed by atoms with Crippen molar-refractivity contribution in [3.05, 3.63) is 15.9 Å². The zero-order chi connectivity index (χ0) is 13.1. The van der Waals surface area contributed by atoms with Crippen molar-refractivity contribution in [3.63, 3.8) is 0 Å². The van der Waals surface area contributed by atoms with Crippen molar-refractivity contribution < 1.29 is 9.53 Å². The number of H-pyrrole nitrogens is 1. The molecule has 2 rings (SSSR count). The van der Waals surface area contributed by atoms with Crippen LogP contribution in [0.2, 0.25) is 0 Å². The van der Waals surface area contributed by atoms with E-state index in [1.54, 1.807) is 0 Å². The van der Waals surface area contributed by atoms with Crippen LogP contribution >= 0.6 is 15.9 Å². The molecular weight excluding hydrogens is 298 g/mol. The first kappa shape index (κ1) is 13.5. The van der Waals surface area contributed by atoms with Crippen LogP contribution in [0.1, 0.15) is 35.9 Å². The van der Waals surface area contributed by atoms with Crippen LogP contribution < -0.4 is 0 Å². The second kappa shape index (κ2) is 5.84. The third-order valence-corrected chi connectivity index (χ3v) is 4.11. The lowest BCUT2D eigenvalue weighted by Gasteiger charge is -2.32. The molecule has 0 saturated carbocycles. The fourth-order valence-corrected chi connectivity index (χ4v) is 2.55. The van der Waals surface area contributed by atoms with Crippen LogP contribution in [0, 0.1) is 6.92 Å². The molecule has 2 heterocycles. The predicted octanol–water partition coefficient (Wildman–Crippen LogP) is 2.12. The van der Waals surface area contributed by atoms with E-state index in [-0.39, 0.29) is 12.0 Å². The van der Waals surface area contributed by atoms with Crippen molar-refractivity contribution in [1.82, 2.24) is 15.1 Å². The molecule has 1 aromatic rings. The lowest BCUT2D eigenvalue weighted by atomic mass is 10.1. The van der Waals surface area contributed by atoms with Gasteiger partial charge in [-0.2, -0.15) is 5.10 Å². The van der Waals surface area contributed by atoms with Gasteiger partial charge in [-0.25, -0.2) is 0 Å². The normalized spacial score (nSPS) is 20.2. The number of aromatic amines is 1. The summed E-state index contributed by atoms with van der Waals surface area (Å²) in [5.74, 6) is -0.0318. The zero-order valence-electron chi connectivity index (χ0n) is 10.7. The minimum atomic E-state index is -0.0318. The van der Waals surface area contributed by atoms with E-state index in [1.807, 2.05) is 18.7 Å². The van der Waals surface area contributed by atoms with Crippen LogP contribution in [0.25, 0.3) is 0 Å². The van der Waals surface area contributed by atoms with Gasteiger partial charge >= 0.3 is 0 Å². The molecular formula is C12H18BrN3O2. The molecule has 1 aliphatic heterocycles. The number of hydrogen-bond acceptors (Lipinski definition) is 3. The van der Waals surface area contributed by atoms with E-state index in [4.69, 9.17) is 4.74 Å². The molecule has 1 fully saturated rings. The highest BCUT2D eigenvalue weighted by Crippen LogP contribution is 2.22. The second-order valence-corrected chi connectivity index (χ2v) is 5.27. The molecule has 0 aromatic carbocycles. The topological polar surface area (TPSA) is 58.2 Å². The number of amides is 1. The largest absolute Gasteiger partial charge is 0.377 e. The highest BCUT2D eigenvalue weighted by Gasteiger charge is 2.27. The Balaban J connectivity index is 2.07. The minimum absolute atomic E-state index is 0.0318. The first-order valence-corrected chi connectivity index (χ1v) is 7.04. The molecule has 0 aliphatic carbocycles. The Bertz CT molecular complexity index is 431. The Kier molecular flexibility index (Phi) is 4.40. The number of halogens is 1. The average molecular weight is 316 g/mol. The summed E-state index contributed by atoms with van der Waals surface area (Å²) in [6.07, 6.45) is 2.17. The quantitative estimate of drug-likeness (QED) is 0.929. The molecule has 0 spiro atoms. The summed E-state index contributed by atoms with van der Waals surface area (Å²) in [6.45, 7) is 5.99. The molecule has 0 unspecified atom stereocenters. The molecule has 1 saturated heterocycles. The van der Waals surface area contributed by atoms with E-state index in [0.717, 1.165) is 29.6 Å². The average Bonchev–Trinajstić information content (AvgIpc) is 2.70. The van der Waals surface area contributed by atoms with Gasteiger partial charge in [0, 0.05) is 25.4 Å². The van der Waals surface area contributed by atoms with Crippen LogP contribution in [0.15, 0.2) is 4.47 Å². The summed E-state index contributed by atoms with van der Waals surface area (Å²) in [4.78, 5) is 14.2. The van der Waals surface area contributed by atoms with Crippen molar-refractivity contribution in [1.29, 1.82) is 0 Å². The zero-order valence-corrected chi connectivity index (χ0v) is 12.3. The predicted molar refractivity (Wildman–Crippen MR) is 71.6 cm³/mol. The molecule has 6 heteroatoms. The number of aryl methyl sites for hydroxylation is 1. The summed E-state index contributed by atoms with van der Waals surface area (Å²) in [5, 5.41) is 6.88. The van der Waals surface area contributed by atoms with Gasteiger partial charge in [0.15, 0.2) is 5.69 Å². The maximum Gasteiger partial charge on any atom is 0.275 e. The van der Waals surface area contributed by atoms with Crippen molar-refractivity contribution in [2.24, 2.45) is 0 Å². The third kappa shape index (κ3) is 2.75. The van der Waals surface area contributed by atoms with Crippen molar-refractivity contribution in [3.8, 4) is 0 Å². The van der Waals surface area contributed by atoms with Crippen LogP contribution in [0.3, 0.4) is 0 Å². The molecule has 1 N–H and O–H groups in total. The van der Waals surface area contributed by atoms with Crippen molar-refractivity contribution in [2.75, 3.05) is 19.7 Å². The third-order valence-electron chi connectivity index (χ3n) is 3.14. The van der Waals surface area contributed by atoms with Gasteiger partial charge in [-0.15, -0.1) is 0 Å². The fourth-order valence-electron chi connectivity index (χ4n) is 2.20. The summed E-state index contributed by atoms with van der Waals surface area (Å²) in [6, 6.07) is 0. The SMILES string of the molecule is CCO[C@H]1CCCN(C(=O)c2n[nH]c(C)c2Br)C1. The summed E-state index contributed by atoms with van der Waals surface area (Å²) in [7, 11) is 0. The van der Waals surface area contributed by atoms with Gasteiger partial charge < -0.3 is 9.64 Å². The first-order chi connectivity index (χ1) is 8.63. The molecule has 0 radical (unpaired) electrons. The van der Waals surface area contributed by atoms with Crippen molar-refractivity contribution in [2.45, 2.75) is 32.8 Å². The molecule has 18 heavy (non-hydrogen) atoms. The van der Waals surface area contributed by atoms with Gasteiger partial charge in [-0.3, -0.25) is 9.89 Å². The van der Waals surface area contributed by atoms with E-state index in [1.165, 1.54) is 0 Å². The highest BCUT2D eigenvalue weighted by atomic mass is 79.9. The van der Waals surface area contributed by atoms with Gasteiger partial charge in [-0.05, 0) is 42.6 Å². The van der Waals surface area contributed by atoms with Gasteiger partial charge in [0.2, 0.25) is 0 Å². The van der Waals surface area contributed by atoms with E-state index in [9.17, 15) is 4.79 Å². The monoisotopic (exact) mass is 315 g/mol. The second-order valence-electron chi connectivity index (χ2n) is 4.48. The van der Waals surface area contributed by atoms with Gasteiger partial charge in [-0.1, -0.05) is 0 Å². The van der Waals surface area contributed by atoms with Crippen LogP contribution in [0.5, 0.6) is 0 Å².